The lowest BCUT2D eigenvalue weighted by atomic mass is 9.92. The minimum Gasteiger partial charge on any atom is -0.337 e. The van der Waals surface area contributed by atoms with Crippen molar-refractivity contribution >= 4 is 56.7 Å². The van der Waals surface area contributed by atoms with Crippen molar-refractivity contribution in [2.45, 2.75) is 62.3 Å². The maximum Gasteiger partial charge on any atom is 0.319 e. The van der Waals surface area contributed by atoms with E-state index >= 15 is 0 Å². The van der Waals surface area contributed by atoms with Gasteiger partial charge in [0.25, 0.3) is 0 Å². The van der Waals surface area contributed by atoms with Crippen LogP contribution < -0.4 is 10.6 Å². The Balaban J connectivity index is 1.76. The molecule has 32 heavy (non-hydrogen) atoms. The summed E-state index contributed by atoms with van der Waals surface area (Å²) in [4.78, 5) is 18.5. The monoisotopic (exact) mass is 487 g/mol. The number of thioether (sulfide) groups is 2. The molecule has 4 nitrogen and oxygen atoms in total. The smallest absolute Gasteiger partial charge is 0.319 e. The maximum absolute atomic E-state index is 12.9. The van der Waals surface area contributed by atoms with Crippen LogP contribution in [0.1, 0.15) is 55.3 Å². The summed E-state index contributed by atoms with van der Waals surface area (Å²) in [7, 11) is 0. The Morgan fingerprint density at radius 2 is 1.97 bits per heavy atom. The largest absolute Gasteiger partial charge is 0.337 e. The number of anilines is 1. The lowest BCUT2D eigenvalue weighted by Gasteiger charge is -2.19. The molecular formula is C25H33N3OS3. The van der Waals surface area contributed by atoms with Gasteiger partial charge >= 0.3 is 6.03 Å². The third kappa shape index (κ3) is 6.21. The zero-order valence-corrected chi connectivity index (χ0v) is 22.0. The second kappa shape index (κ2) is 12.0. The molecule has 172 valence electrons. The number of hydrogen-bond acceptors (Lipinski definition) is 5. The zero-order chi connectivity index (χ0) is 23.1. The SMILES string of the molecule is CCCCCC(CNC(=O)Nc1c(SC)cc(C)nc1SC)c1csc2ccc(C)cc12. The molecule has 2 aromatic heterocycles. The molecule has 3 aromatic rings. The average Bonchev–Trinajstić information content (AvgIpc) is 3.19. The Hall–Kier alpha value is -1.70. The number of nitrogens with one attached hydrogen (secondary N) is 2. The van der Waals surface area contributed by atoms with Crippen LogP contribution >= 0.6 is 34.9 Å². The quantitative estimate of drug-likeness (QED) is 0.226. The van der Waals surface area contributed by atoms with Crippen LogP contribution in [0.2, 0.25) is 0 Å². The predicted octanol–water partition coefficient (Wildman–Crippen LogP) is 7.84. The summed E-state index contributed by atoms with van der Waals surface area (Å²) in [6.07, 6.45) is 8.67. The first kappa shape index (κ1) is 24.9. The van der Waals surface area contributed by atoms with Crippen LogP contribution in [-0.4, -0.2) is 30.1 Å². The van der Waals surface area contributed by atoms with E-state index in [2.05, 4.69) is 53.0 Å². The number of aryl methyl sites for hydroxylation is 2. The van der Waals surface area contributed by atoms with Crippen LogP contribution in [0.25, 0.3) is 10.1 Å². The number of pyridine rings is 1. The summed E-state index contributed by atoms with van der Waals surface area (Å²) in [5, 5.41) is 10.7. The van der Waals surface area contributed by atoms with Gasteiger partial charge in [-0.05, 0) is 61.2 Å². The summed E-state index contributed by atoms with van der Waals surface area (Å²) in [5.41, 5.74) is 4.39. The molecule has 0 spiro atoms. The molecule has 0 aliphatic heterocycles. The van der Waals surface area contributed by atoms with E-state index in [9.17, 15) is 4.79 Å². The van der Waals surface area contributed by atoms with Crippen molar-refractivity contribution in [2.24, 2.45) is 0 Å². The Bertz CT molecular complexity index is 1040. The van der Waals surface area contributed by atoms with Gasteiger partial charge in [0.05, 0.1) is 5.69 Å². The Morgan fingerprint density at radius 1 is 1.16 bits per heavy atom. The third-order valence-corrected chi connectivity index (χ3v) is 8.02. The highest BCUT2D eigenvalue weighted by molar-refractivity contribution is 7.99. The number of fused-ring (bicyclic) bond motifs is 1. The number of amides is 2. The molecule has 0 radical (unpaired) electrons. The van der Waals surface area contributed by atoms with E-state index in [-0.39, 0.29) is 6.03 Å². The van der Waals surface area contributed by atoms with Gasteiger partial charge in [-0.2, -0.15) is 0 Å². The number of thiophene rings is 1. The molecule has 1 unspecified atom stereocenters. The second-order valence-electron chi connectivity index (χ2n) is 8.07. The van der Waals surface area contributed by atoms with Crippen LogP contribution in [0, 0.1) is 13.8 Å². The summed E-state index contributed by atoms with van der Waals surface area (Å²) >= 11 is 4.98. The van der Waals surface area contributed by atoms with E-state index in [0.717, 1.165) is 27.7 Å². The number of hydrogen-bond donors (Lipinski definition) is 2. The van der Waals surface area contributed by atoms with Gasteiger partial charge in [0, 0.05) is 27.8 Å². The highest BCUT2D eigenvalue weighted by atomic mass is 32.2. The zero-order valence-electron chi connectivity index (χ0n) is 19.6. The van der Waals surface area contributed by atoms with Gasteiger partial charge in [0.1, 0.15) is 5.03 Å². The second-order valence-corrected chi connectivity index (χ2v) is 10.6. The summed E-state index contributed by atoms with van der Waals surface area (Å²) in [6, 6.07) is 8.51. The standard InChI is InChI=1S/C25H33N3OS3/c1-6-7-8-9-18(20-15-32-21-11-10-16(2)12-19(20)21)14-26-25(29)28-23-22(30-4)13-17(3)27-24(23)31-5/h10-13,15,18H,6-9,14H2,1-5H3,(H2,26,28,29). The van der Waals surface area contributed by atoms with E-state index in [0.29, 0.717) is 12.5 Å². The molecule has 0 saturated heterocycles. The summed E-state index contributed by atoms with van der Waals surface area (Å²) < 4.78 is 1.32. The van der Waals surface area contributed by atoms with Gasteiger partial charge in [-0.15, -0.1) is 34.9 Å². The maximum atomic E-state index is 12.9. The minimum atomic E-state index is -0.169. The topological polar surface area (TPSA) is 54.0 Å². The summed E-state index contributed by atoms with van der Waals surface area (Å²) in [6.45, 7) is 6.97. The number of unbranched alkanes of at least 4 members (excludes halogenated alkanes) is 2. The van der Waals surface area contributed by atoms with Gasteiger partial charge in [-0.3, -0.25) is 0 Å². The van der Waals surface area contributed by atoms with Crippen LogP contribution in [0.5, 0.6) is 0 Å². The van der Waals surface area contributed by atoms with Crippen LogP contribution in [0.3, 0.4) is 0 Å². The first-order chi connectivity index (χ1) is 15.5. The Kier molecular flexibility index (Phi) is 9.32. The van der Waals surface area contributed by atoms with E-state index in [1.165, 1.54) is 40.5 Å². The van der Waals surface area contributed by atoms with Gasteiger partial charge in [-0.25, -0.2) is 9.78 Å². The fourth-order valence-electron chi connectivity index (χ4n) is 3.90. The summed E-state index contributed by atoms with van der Waals surface area (Å²) in [5.74, 6) is 0.305. The van der Waals surface area contributed by atoms with Gasteiger partial charge in [0.15, 0.2) is 0 Å². The molecule has 0 fully saturated rings. The number of urea groups is 1. The molecule has 7 heteroatoms. The number of benzene rings is 1. The predicted molar refractivity (Wildman–Crippen MR) is 143 cm³/mol. The molecule has 0 aliphatic rings. The minimum absolute atomic E-state index is 0.169. The molecular weight excluding hydrogens is 454 g/mol. The normalized spacial score (nSPS) is 12.2. The van der Waals surface area contributed by atoms with Crippen molar-refractivity contribution in [3.63, 3.8) is 0 Å². The molecule has 0 bridgehead atoms. The van der Waals surface area contributed by atoms with Crippen LogP contribution in [0.15, 0.2) is 39.6 Å². The van der Waals surface area contributed by atoms with Crippen molar-refractivity contribution in [2.75, 3.05) is 24.4 Å². The Labute approximate surface area is 204 Å². The average molecular weight is 488 g/mol. The fraction of sp³-hybridized carbons (Fsp3) is 0.440. The number of rotatable bonds is 10. The van der Waals surface area contributed by atoms with Crippen molar-refractivity contribution in [3.05, 3.63) is 46.5 Å². The fourth-order valence-corrected chi connectivity index (χ4v) is 6.23. The molecule has 0 aliphatic carbocycles. The lowest BCUT2D eigenvalue weighted by Crippen LogP contribution is -2.33. The van der Waals surface area contributed by atoms with E-state index in [4.69, 9.17) is 0 Å². The number of nitrogens with zero attached hydrogens (tertiary/aromatic N) is 1. The van der Waals surface area contributed by atoms with Gasteiger partial charge in [0.2, 0.25) is 0 Å². The number of carbonyl (C=O) groups is 1. The highest BCUT2D eigenvalue weighted by Gasteiger charge is 2.19. The first-order valence-electron chi connectivity index (χ1n) is 11.1. The molecule has 2 N–H and O–H groups in total. The lowest BCUT2D eigenvalue weighted by molar-refractivity contribution is 0.251. The molecule has 3 rings (SSSR count). The molecule has 1 aromatic carbocycles. The van der Waals surface area contributed by atoms with E-state index in [1.54, 1.807) is 34.9 Å². The number of carbonyl (C=O) groups excluding carboxylic acids is 1. The highest BCUT2D eigenvalue weighted by Crippen LogP contribution is 2.35. The third-order valence-electron chi connectivity index (χ3n) is 5.59. The van der Waals surface area contributed by atoms with Crippen molar-refractivity contribution in [1.29, 1.82) is 0 Å². The van der Waals surface area contributed by atoms with Crippen LogP contribution in [0.4, 0.5) is 10.5 Å². The van der Waals surface area contributed by atoms with Crippen molar-refractivity contribution in [3.8, 4) is 0 Å². The molecule has 2 heterocycles. The van der Waals surface area contributed by atoms with Gasteiger partial charge in [-0.1, -0.05) is 43.9 Å². The Morgan fingerprint density at radius 3 is 2.69 bits per heavy atom. The molecule has 1 atom stereocenters. The molecule has 0 saturated carbocycles. The van der Waals surface area contributed by atoms with E-state index < -0.39 is 0 Å². The number of aromatic nitrogens is 1. The molecule has 2 amide bonds. The van der Waals surface area contributed by atoms with Crippen LogP contribution in [-0.2, 0) is 0 Å². The van der Waals surface area contributed by atoms with Crippen molar-refractivity contribution in [1.82, 2.24) is 10.3 Å². The van der Waals surface area contributed by atoms with Crippen molar-refractivity contribution < 1.29 is 4.79 Å². The first-order valence-corrected chi connectivity index (χ1v) is 14.4. The van der Waals surface area contributed by atoms with Gasteiger partial charge < -0.3 is 10.6 Å². The van der Waals surface area contributed by atoms with E-state index in [1.807, 2.05) is 25.5 Å².